The fourth-order valence-corrected chi connectivity index (χ4v) is 4.94. The van der Waals surface area contributed by atoms with Gasteiger partial charge in [-0.15, -0.1) is 0 Å². The van der Waals surface area contributed by atoms with Gasteiger partial charge in [0, 0.05) is 29.6 Å². The third kappa shape index (κ3) is 6.44. The Hall–Kier alpha value is -3.61. The van der Waals surface area contributed by atoms with Crippen molar-refractivity contribution in [2.75, 3.05) is 42.8 Å². The summed E-state index contributed by atoms with van der Waals surface area (Å²) in [5, 5.41) is 14.4. The quantitative estimate of drug-likeness (QED) is 0.387. The lowest BCUT2D eigenvalue weighted by Gasteiger charge is -2.33. The molecule has 12 heteroatoms. The van der Waals surface area contributed by atoms with Gasteiger partial charge >= 0.3 is 6.03 Å². The van der Waals surface area contributed by atoms with E-state index >= 15 is 0 Å². The van der Waals surface area contributed by atoms with E-state index in [1.54, 1.807) is 37.3 Å². The van der Waals surface area contributed by atoms with Crippen LogP contribution in [0.15, 0.2) is 53.4 Å². The minimum absolute atomic E-state index is 0.0276. The summed E-state index contributed by atoms with van der Waals surface area (Å²) in [7, 11) is -3.67. The number of hydrogen-bond acceptors (Lipinski definition) is 8. The molecule has 38 heavy (non-hydrogen) atoms. The zero-order valence-electron chi connectivity index (χ0n) is 21.3. The first-order valence-corrected chi connectivity index (χ1v) is 14.0. The number of ether oxygens (including phenoxy) is 1. The summed E-state index contributed by atoms with van der Waals surface area (Å²) in [6, 6.07) is 11.2. The molecule has 0 spiro atoms. The number of aliphatic hydroxyl groups is 1. The Morgan fingerprint density at radius 3 is 2.55 bits per heavy atom. The standard InChI is InChI=1S/C26H30FN5O5S/c1-16(14-33)28-26(34)29-20-7-4-18(5-8-20)22-13-23(21-12-19(27)6-9-24(21)38(3,35)36)31-25(30-22)32-10-11-37-15-17(32)2/h4-9,12-13,16-17,33H,10-11,14-15H2,1-3H3,(H2,28,29,34). The van der Waals surface area contributed by atoms with Crippen LogP contribution in [-0.4, -0.2) is 74.2 Å². The number of rotatable bonds is 7. The van der Waals surface area contributed by atoms with Gasteiger partial charge in [-0.25, -0.2) is 27.6 Å². The average Bonchev–Trinajstić information content (AvgIpc) is 2.88. The number of urea groups is 1. The molecule has 3 aromatic rings. The fourth-order valence-electron chi connectivity index (χ4n) is 4.06. The highest BCUT2D eigenvalue weighted by molar-refractivity contribution is 7.90. The van der Waals surface area contributed by atoms with Crippen molar-refractivity contribution in [2.45, 2.75) is 30.8 Å². The van der Waals surface area contributed by atoms with Crippen molar-refractivity contribution >= 4 is 27.5 Å². The van der Waals surface area contributed by atoms with Gasteiger partial charge in [0.2, 0.25) is 5.95 Å². The van der Waals surface area contributed by atoms with Crippen molar-refractivity contribution in [1.82, 2.24) is 15.3 Å². The molecule has 0 aliphatic carbocycles. The van der Waals surface area contributed by atoms with E-state index in [2.05, 4.69) is 15.6 Å². The van der Waals surface area contributed by atoms with Crippen molar-refractivity contribution in [3.8, 4) is 22.5 Å². The number of sulfone groups is 1. The van der Waals surface area contributed by atoms with E-state index in [1.807, 2.05) is 11.8 Å². The lowest BCUT2D eigenvalue weighted by Crippen LogP contribution is -2.44. The summed E-state index contributed by atoms with van der Waals surface area (Å²) >= 11 is 0. The van der Waals surface area contributed by atoms with Crippen LogP contribution < -0.4 is 15.5 Å². The number of carbonyl (C=O) groups is 1. The third-order valence-electron chi connectivity index (χ3n) is 6.05. The number of nitrogens with zero attached hydrogens (tertiary/aromatic N) is 3. The average molecular weight is 544 g/mol. The Kier molecular flexibility index (Phi) is 8.24. The fraction of sp³-hybridized carbons (Fsp3) is 0.346. The van der Waals surface area contributed by atoms with Gasteiger partial charge in [-0.2, -0.15) is 0 Å². The summed E-state index contributed by atoms with van der Waals surface area (Å²) in [4.78, 5) is 23.4. The number of morpholine rings is 1. The van der Waals surface area contributed by atoms with Gasteiger partial charge in [0.05, 0.1) is 48.2 Å². The minimum Gasteiger partial charge on any atom is -0.394 e. The SMILES string of the molecule is CC(CO)NC(=O)Nc1ccc(-c2cc(-c3cc(F)ccc3S(C)(=O)=O)nc(N3CCOCC3C)n2)cc1. The summed E-state index contributed by atoms with van der Waals surface area (Å²) < 4.78 is 44.8. The van der Waals surface area contributed by atoms with Crippen LogP contribution in [0.5, 0.6) is 0 Å². The highest BCUT2D eigenvalue weighted by atomic mass is 32.2. The van der Waals surface area contributed by atoms with E-state index in [-0.39, 0.29) is 28.8 Å². The number of aliphatic hydroxyl groups excluding tert-OH is 1. The Morgan fingerprint density at radius 1 is 1.18 bits per heavy atom. The van der Waals surface area contributed by atoms with Gasteiger partial charge in [0.15, 0.2) is 9.84 Å². The molecule has 2 aromatic carbocycles. The summed E-state index contributed by atoms with van der Waals surface area (Å²) in [6.45, 7) is 4.97. The van der Waals surface area contributed by atoms with Crippen LogP contribution in [-0.2, 0) is 14.6 Å². The molecule has 1 saturated heterocycles. The summed E-state index contributed by atoms with van der Waals surface area (Å²) in [6.07, 6.45) is 1.07. The Labute approximate surface area is 220 Å². The predicted octanol–water partition coefficient (Wildman–Crippen LogP) is 3.08. The molecule has 202 valence electrons. The van der Waals surface area contributed by atoms with Crippen LogP contribution in [0.3, 0.4) is 0 Å². The van der Waals surface area contributed by atoms with E-state index in [4.69, 9.17) is 14.8 Å². The van der Waals surface area contributed by atoms with E-state index in [9.17, 15) is 17.6 Å². The molecular weight excluding hydrogens is 513 g/mol. The second-order valence-electron chi connectivity index (χ2n) is 9.23. The molecule has 10 nitrogen and oxygen atoms in total. The van der Waals surface area contributed by atoms with Crippen molar-refractivity contribution < 1.29 is 27.4 Å². The zero-order chi connectivity index (χ0) is 27.4. The maximum absolute atomic E-state index is 14.3. The Balaban J connectivity index is 1.77. The largest absolute Gasteiger partial charge is 0.394 e. The minimum atomic E-state index is -3.67. The highest BCUT2D eigenvalue weighted by Gasteiger charge is 2.24. The summed E-state index contributed by atoms with van der Waals surface area (Å²) in [5.74, 6) is -0.213. The second kappa shape index (κ2) is 11.4. The number of benzene rings is 2. The monoisotopic (exact) mass is 543 g/mol. The molecule has 4 rings (SSSR count). The zero-order valence-corrected chi connectivity index (χ0v) is 22.1. The predicted molar refractivity (Wildman–Crippen MR) is 142 cm³/mol. The lowest BCUT2D eigenvalue weighted by molar-refractivity contribution is 0.0981. The number of carbonyl (C=O) groups excluding carboxylic acids is 1. The van der Waals surface area contributed by atoms with Crippen molar-refractivity contribution in [3.05, 3.63) is 54.3 Å². The normalized spacial score (nSPS) is 16.7. The van der Waals surface area contributed by atoms with Gasteiger partial charge in [-0.3, -0.25) is 0 Å². The molecule has 1 aromatic heterocycles. The van der Waals surface area contributed by atoms with Crippen molar-refractivity contribution in [2.24, 2.45) is 0 Å². The van der Waals surface area contributed by atoms with E-state index in [0.29, 0.717) is 42.7 Å². The number of nitrogens with one attached hydrogen (secondary N) is 2. The molecule has 0 saturated carbocycles. The number of hydrogen-bond donors (Lipinski definition) is 3. The maximum Gasteiger partial charge on any atom is 0.319 e. The molecular formula is C26H30FN5O5S. The smallest absolute Gasteiger partial charge is 0.319 e. The van der Waals surface area contributed by atoms with E-state index < -0.39 is 27.7 Å². The highest BCUT2D eigenvalue weighted by Crippen LogP contribution is 2.32. The topological polar surface area (TPSA) is 134 Å². The maximum atomic E-state index is 14.3. The van der Waals surface area contributed by atoms with Crippen LogP contribution in [0.25, 0.3) is 22.5 Å². The van der Waals surface area contributed by atoms with Crippen molar-refractivity contribution in [1.29, 1.82) is 0 Å². The number of aromatic nitrogens is 2. The van der Waals surface area contributed by atoms with Crippen LogP contribution in [0, 0.1) is 5.82 Å². The summed E-state index contributed by atoms with van der Waals surface area (Å²) in [5.41, 5.74) is 2.12. The first-order chi connectivity index (χ1) is 18.0. The van der Waals surface area contributed by atoms with Crippen molar-refractivity contribution in [3.63, 3.8) is 0 Å². The van der Waals surface area contributed by atoms with Crippen LogP contribution in [0.2, 0.25) is 0 Å². The Morgan fingerprint density at radius 2 is 1.89 bits per heavy atom. The van der Waals surface area contributed by atoms with Gasteiger partial charge in [-0.1, -0.05) is 12.1 Å². The molecule has 2 amide bonds. The lowest BCUT2D eigenvalue weighted by atomic mass is 10.1. The second-order valence-corrected chi connectivity index (χ2v) is 11.2. The van der Waals surface area contributed by atoms with Crippen LogP contribution in [0.1, 0.15) is 13.8 Å². The van der Waals surface area contributed by atoms with Crippen LogP contribution >= 0.6 is 0 Å². The molecule has 0 bridgehead atoms. The molecule has 1 aliphatic rings. The van der Waals surface area contributed by atoms with Gasteiger partial charge in [0.1, 0.15) is 5.82 Å². The third-order valence-corrected chi connectivity index (χ3v) is 7.20. The number of halogens is 1. The number of amides is 2. The molecule has 2 heterocycles. The van der Waals surface area contributed by atoms with Gasteiger partial charge < -0.3 is 25.4 Å². The molecule has 1 aliphatic heterocycles. The number of anilines is 2. The van der Waals surface area contributed by atoms with Gasteiger partial charge in [-0.05, 0) is 50.2 Å². The van der Waals surface area contributed by atoms with Gasteiger partial charge in [0.25, 0.3) is 0 Å². The molecule has 1 fully saturated rings. The first-order valence-electron chi connectivity index (χ1n) is 12.1. The Bertz CT molecular complexity index is 1420. The molecule has 2 unspecified atom stereocenters. The molecule has 2 atom stereocenters. The molecule has 3 N–H and O–H groups in total. The molecule has 0 radical (unpaired) electrons. The van der Waals surface area contributed by atoms with Crippen LogP contribution in [0.4, 0.5) is 20.8 Å². The first kappa shape index (κ1) is 27.4. The van der Waals surface area contributed by atoms with E-state index in [0.717, 1.165) is 18.4 Å². The van der Waals surface area contributed by atoms with E-state index in [1.165, 1.54) is 6.07 Å².